The first kappa shape index (κ1) is 10.8. The van der Waals surface area contributed by atoms with Gasteiger partial charge in [0.25, 0.3) is 0 Å². The van der Waals surface area contributed by atoms with Crippen molar-refractivity contribution in [2.45, 2.75) is 6.92 Å². The van der Waals surface area contributed by atoms with E-state index in [0.717, 1.165) is 17.3 Å². The van der Waals surface area contributed by atoms with Crippen molar-refractivity contribution in [3.05, 3.63) is 47.8 Å². The molecule has 3 aromatic rings. The van der Waals surface area contributed by atoms with Crippen LogP contribution in [-0.2, 0) is 0 Å². The van der Waals surface area contributed by atoms with Crippen LogP contribution in [0.2, 0.25) is 0 Å². The van der Waals surface area contributed by atoms with Gasteiger partial charge < -0.3 is 4.98 Å². The van der Waals surface area contributed by atoms with E-state index in [2.05, 4.69) is 15.0 Å². The minimum atomic E-state index is -0.674. The average Bonchev–Trinajstić information content (AvgIpc) is 2.74. The predicted molar refractivity (Wildman–Crippen MR) is 64.0 cm³/mol. The Kier molecular flexibility index (Phi) is 2.33. The molecule has 1 N–H and O–H groups in total. The lowest BCUT2D eigenvalue weighted by molar-refractivity contribution is 0.591. The van der Waals surface area contributed by atoms with Crippen LogP contribution in [0.4, 0.5) is 8.78 Å². The minimum Gasteiger partial charge on any atom is -0.338 e. The predicted octanol–water partition coefficient (Wildman–Crippen LogP) is 3.21. The highest BCUT2D eigenvalue weighted by Crippen LogP contribution is 2.22. The van der Waals surface area contributed by atoms with Gasteiger partial charge in [0.2, 0.25) is 0 Å². The number of nitrogens with zero attached hydrogens (tertiary/aromatic N) is 2. The monoisotopic (exact) mass is 245 g/mol. The van der Waals surface area contributed by atoms with E-state index < -0.39 is 11.6 Å². The van der Waals surface area contributed by atoms with Crippen molar-refractivity contribution >= 4 is 11.0 Å². The molecule has 0 spiro atoms. The van der Waals surface area contributed by atoms with Crippen LogP contribution in [0.25, 0.3) is 22.4 Å². The summed E-state index contributed by atoms with van der Waals surface area (Å²) in [7, 11) is 0. The standard InChI is InChI=1S/C13H9F2N3/c1-7-2-3-8(6-16-7)13-17-11-5-9(14)4-10(15)12(11)18-13/h2-6H,1H3,(H,17,18). The lowest BCUT2D eigenvalue weighted by atomic mass is 10.2. The number of aromatic amines is 1. The van der Waals surface area contributed by atoms with Gasteiger partial charge in [-0.25, -0.2) is 13.8 Å². The Bertz CT molecular complexity index is 717. The molecule has 18 heavy (non-hydrogen) atoms. The number of aryl methyl sites for hydroxylation is 1. The molecule has 0 fully saturated rings. The molecule has 0 amide bonds. The fourth-order valence-electron chi connectivity index (χ4n) is 1.79. The van der Waals surface area contributed by atoms with E-state index in [9.17, 15) is 8.78 Å². The van der Waals surface area contributed by atoms with Gasteiger partial charge in [-0.3, -0.25) is 4.98 Å². The Balaban J connectivity index is 2.19. The Labute approximate surface area is 102 Å². The summed E-state index contributed by atoms with van der Waals surface area (Å²) in [6.45, 7) is 1.87. The van der Waals surface area contributed by atoms with Crippen molar-refractivity contribution in [1.82, 2.24) is 15.0 Å². The highest BCUT2D eigenvalue weighted by Gasteiger charge is 2.11. The number of fused-ring (bicyclic) bond motifs is 1. The number of pyridine rings is 1. The molecule has 3 nitrogen and oxygen atoms in total. The fourth-order valence-corrected chi connectivity index (χ4v) is 1.79. The van der Waals surface area contributed by atoms with Crippen molar-refractivity contribution in [1.29, 1.82) is 0 Å². The Morgan fingerprint density at radius 3 is 2.72 bits per heavy atom. The summed E-state index contributed by atoms with van der Waals surface area (Å²) in [5.41, 5.74) is 2.08. The third kappa shape index (κ3) is 1.73. The second-order valence-corrected chi connectivity index (χ2v) is 4.06. The van der Waals surface area contributed by atoms with E-state index in [4.69, 9.17) is 0 Å². The maximum atomic E-state index is 13.5. The number of hydrogen-bond acceptors (Lipinski definition) is 2. The minimum absolute atomic E-state index is 0.131. The van der Waals surface area contributed by atoms with Gasteiger partial charge in [0, 0.05) is 23.5 Å². The molecule has 90 valence electrons. The molecule has 0 bridgehead atoms. The molecule has 0 unspecified atom stereocenters. The fraction of sp³-hybridized carbons (Fsp3) is 0.0769. The topological polar surface area (TPSA) is 41.6 Å². The second-order valence-electron chi connectivity index (χ2n) is 4.06. The highest BCUT2D eigenvalue weighted by atomic mass is 19.1. The Morgan fingerprint density at radius 2 is 2.00 bits per heavy atom. The average molecular weight is 245 g/mol. The Morgan fingerprint density at radius 1 is 1.17 bits per heavy atom. The van der Waals surface area contributed by atoms with Gasteiger partial charge in [-0.2, -0.15) is 0 Å². The maximum absolute atomic E-state index is 13.5. The van der Waals surface area contributed by atoms with Crippen molar-refractivity contribution < 1.29 is 8.78 Å². The number of benzene rings is 1. The third-order valence-corrected chi connectivity index (χ3v) is 2.69. The summed E-state index contributed by atoms with van der Waals surface area (Å²) in [5, 5.41) is 0. The first-order valence-corrected chi connectivity index (χ1v) is 5.41. The zero-order valence-corrected chi connectivity index (χ0v) is 9.54. The van der Waals surface area contributed by atoms with E-state index in [1.54, 1.807) is 6.20 Å². The van der Waals surface area contributed by atoms with Gasteiger partial charge in [0.05, 0.1) is 5.52 Å². The van der Waals surface area contributed by atoms with Crippen molar-refractivity contribution in [3.8, 4) is 11.4 Å². The van der Waals surface area contributed by atoms with Crippen LogP contribution in [0.3, 0.4) is 0 Å². The zero-order valence-electron chi connectivity index (χ0n) is 9.54. The third-order valence-electron chi connectivity index (χ3n) is 2.69. The van der Waals surface area contributed by atoms with Gasteiger partial charge in [0.1, 0.15) is 17.2 Å². The summed E-state index contributed by atoms with van der Waals surface area (Å²) >= 11 is 0. The SMILES string of the molecule is Cc1ccc(-c2nc3c(F)cc(F)cc3[nH]2)cn1. The van der Waals surface area contributed by atoms with E-state index >= 15 is 0 Å². The maximum Gasteiger partial charge on any atom is 0.153 e. The number of imidazole rings is 1. The van der Waals surface area contributed by atoms with E-state index in [0.29, 0.717) is 11.3 Å². The van der Waals surface area contributed by atoms with E-state index in [-0.39, 0.29) is 5.52 Å². The molecule has 2 aromatic heterocycles. The molecular weight excluding hydrogens is 236 g/mol. The number of H-pyrrole nitrogens is 1. The molecule has 3 rings (SSSR count). The van der Waals surface area contributed by atoms with Gasteiger partial charge in [0.15, 0.2) is 5.82 Å². The van der Waals surface area contributed by atoms with Crippen LogP contribution in [0.5, 0.6) is 0 Å². The molecular formula is C13H9F2N3. The molecule has 0 aliphatic heterocycles. The first-order valence-electron chi connectivity index (χ1n) is 5.41. The molecule has 1 aromatic carbocycles. The van der Waals surface area contributed by atoms with Crippen molar-refractivity contribution in [2.24, 2.45) is 0 Å². The molecule has 2 heterocycles. The van der Waals surface area contributed by atoms with Crippen molar-refractivity contribution in [2.75, 3.05) is 0 Å². The summed E-state index contributed by atoms with van der Waals surface area (Å²) < 4.78 is 26.6. The summed E-state index contributed by atoms with van der Waals surface area (Å²) in [6.07, 6.45) is 1.64. The molecule has 0 radical (unpaired) electrons. The Hall–Kier alpha value is -2.30. The van der Waals surface area contributed by atoms with Crippen LogP contribution in [0.15, 0.2) is 30.5 Å². The zero-order chi connectivity index (χ0) is 12.7. The number of rotatable bonds is 1. The second kappa shape index (κ2) is 3.87. The van der Waals surface area contributed by atoms with Crippen molar-refractivity contribution in [3.63, 3.8) is 0 Å². The summed E-state index contributed by atoms with van der Waals surface area (Å²) in [6, 6.07) is 5.70. The van der Waals surface area contributed by atoms with Gasteiger partial charge >= 0.3 is 0 Å². The number of halogens is 2. The molecule has 0 atom stereocenters. The first-order chi connectivity index (χ1) is 8.63. The van der Waals surface area contributed by atoms with Gasteiger partial charge in [-0.05, 0) is 25.1 Å². The smallest absolute Gasteiger partial charge is 0.153 e. The lowest BCUT2D eigenvalue weighted by Crippen LogP contribution is -1.84. The summed E-state index contributed by atoms with van der Waals surface area (Å²) in [4.78, 5) is 11.1. The summed E-state index contributed by atoms with van der Waals surface area (Å²) in [5.74, 6) is -0.827. The largest absolute Gasteiger partial charge is 0.338 e. The van der Waals surface area contributed by atoms with Crippen LogP contribution in [0.1, 0.15) is 5.69 Å². The van der Waals surface area contributed by atoms with Gasteiger partial charge in [-0.1, -0.05) is 0 Å². The lowest BCUT2D eigenvalue weighted by Gasteiger charge is -1.95. The molecule has 0 saturated heterocycles. The number of aromatic nitrogens is 3. The van der Waals surface area contributed by atoms with Gasteiger partial charge in [-0.15, -0.1) is 0 Å². The van der Waals surface area contributed by atoms with Crippen LogP contribution >= 0.6 is 0 Å². The normalized spacial score (nSPS) is 11.1. The number of nitrogens with one attached hydrogen (secondary N) is 1. The van der Waals surface area contributed by atoms with E-state index in [1.807, 2.05) is 19.1 Å². The molecule has 0 saturated carbocycles. The van der Waals surface area contributed by atoms with E-state index in [1.165, 1.54) is 6.07 Å². The quantitative estimate of drug-likeness (QED) is 0.715. The molecule has 5 heteroatoms. The van der Waals surface area contributed by atoms with Crippen LogP contribution in [0, 0.1) is 18.6 Å². The van der Waals surface area contributed by atoms with Crippen LogP contribution < -0.4 is 0 Å². The molecule has 0 aliphatic rings. The number of hydrogen-bond donors (Lipinski definition) is 1. The molecule has 0 aliphatic carbocycles. The van der Waals surface area contributed by atoms with Crippen LogP contribution in [-0.4, -0.2) is 15.0 Å². The highest BCUT2D eigenvalue weighted by molar-refractivity contribution is 5.79.